The van der Waals surface area contributed by atoms with E-state index in [0.29, 0.717) is 11.1 Å². The molecule has 1 nitrogen and oxygen atoms in total. The molecule has 2 aromatic carbocycles. The highest BCUT2D eigenvalue weighted by atomic mass is 35.5. The lowest BCUT2D eigenvalue weighted by Crippen LogP contribution is -2.02. The van der Waals surface area contributed by atoms with Gasteiger partial charge in [0.1, 0.15) is 11.6 Å². The molecule has 0 aliphatic carbocycles. The first-order valence-electron chi connectivity index (χ1n) is 5.44. The van der Waals surface area contributed by atoms with Gasteiger partial charge in [-0.2, -0.15) is 0 Å². The van der Waals surface area contributed by atoms with E-state index in [1.165, 1.54) is 30.3 Å². The molecule has 94 valence electrons. The number of hydrogen-bond donors (Lipinski definition) is 1. The SMILES string of the molecule is OC(Cc1ccc(Cl)c(F)c1)c1cccc(F)c1. The lowest BCUT2D eigenvalue weighted by atomic mass is 10.0. The van der Waals surface area contributed by atoms with Crippen molar-refractivity contribution in [1.29, 1.82) is 0 Å². The smallest absolute Gasteiger partial charge is 0.142 e. The average molecular weight is 269 g/mol. The summed E-state index contributed by atoms with van der Waals surface area (Å²) in [5.74, 6) is -0.936. The van der Waals surface area contributed by atoms with Gasteiger partial charge in [0, 0.05) is 6.42 Å². The maximum absolute atomic E-state index is 13.2. The summed E-state index contributed by atoms with van der Waals surface area (Å²) in [7, 11) is 0. The Balaban J connectivity index is 2.16. The Morgan fingerprint density at radius 3 is 2.56 bits per heavy atom. The summed E-state index contributed by atoms with van der Waals surface area (Å²) in [4.78, 5) is 0. The van der Waals surface area contributed by atoms with Crippen LogP contribution in [-0.2, 0) is 6.42 Å². The van der Waals surface area contributed by atoms with Crippen LogP contribution in [-0.4, -0.2) is 5.11 Å². The Morgan fingerprint density at radius 2 is 1.89 bits per heavy atom. The third-order valence-electron chi connectivity index (χ3n) is 2.65. The number of benzene rings is 2. The molecule has 18 heavy (non-hydrogen) atoms. The third kappa shape index (κ3) is 3.06. The molecular weight excluding hydrogens is 258 g/mol. The van der Waals surface area contributed by atoms with Crippen LogP contribution in [0.15, 0.2) is 42.5 Å². The number of aliphatic hydroxyl groups is 1. The van der Waals surface area contributed by atoms with E-state index >= 15 is 0 Å². The van der Waals surface area contributed by atoms with Crippen LogP contribution in [0.4, 0.5) is 8.78 Å². The maximum atomic E-state index is 13.2. The molecule has 0 aliphatic heterocycles. The van der Waals surface area contributed by atoms with Crippen molar-refractivity contribution in [1.82, 2.24) is 0 Å². The van der Waals surface area contributed by atoms with Crippen molar-refractivity contribution in [3.63, 3.8) is 0 Å². The first-order chi connectivity index (χ1) is 8.56. The van der Waals surface area contributed by atoms with Crippen LogP contribution in [0.5, 0.6) is 0 Å². The second-order valence-corrected chi connectivity index (χ2v) is 4.43. The van der Waals surface area contributed by atoms with Crippen LogP contribution in [0.2, 0.25) is 5.02 Å². The summed E-state index contributed by atoms with van der Waals surface area (Å²) < 4.78 is 26.2. The molecule has 0 fully saturated rings. The number of halogens is 3. The van der Waals surface area contributed by atoms with E-state index in [1.807, 2.05) is 0 Å². The van der Waals surface area contributed by atoms with Crippen molar-refractivity contribution < 1.29 is 13.9 Å². The number of rotatable bonds is 3. The van der Waals surface area contributed by atoms with Crippen molar-refractivity contribution >= 4 is 11.6 Å². The second-order valence-electron chi connectivity index (χ2n) is 4.02. The van der Waals surface area contributed by atoms with E-state index < -0.39 is 17.7 Å². The van der Waals surface area contributed by atoms with E-state index in [4.69, 9.17) is 11.6 Å². The Bertz CT molecular complexity index is 557. The molecule has 0 aliphatic rings. The molecule has 0 saturated heterocycles. The van der Waals surface area contributed by atoms with E-state index in [1.54, 1.807) is 12.1 Å². The summed E-state index contributed by atoms with van der Waals surface area (Å²) >= 11 is 5.57. The fourth-order valence-corrected chi connectivity index (χ4v) is 1.84. The largest absolute Gasteiger partial charge is 0.388 e. The van der Waals surface area contributed by atoms with Crippen LogP contribution in [0.25, 0.3) is 0 Å². The minimum Gasteiger partial charge on any atom is -0.388 e. The van der Waals surface area contributed by atoms with Gasteiger partial charge in [-0.1, -0.05) is 29.8 Å². The van der Waals surface area contributed by atoms with Crippen molar-refractivity contribution in [2.24, 2.45) is 0 Å². The average Bonchev–Trinajstić information content (AvgIpc) is 2.34. The van der Waals surface area contributed by atoms with E-state index in [2.05, 4.69) is 0 Å². The Kier molecular flexibility index (Phi) is 3.94. The molecule has 1 N–H and O–H groups in total. The molecule has 2 rings (SSSR count). The molecule has 1 atom stereocenters. The van der Waals surface area contributed by atoms with Crippen LogP contribution in [0, 0.1) is 11.6 Å². The van der Waals surface area contributed by atoms with Gasteiger partial charge in [0.15, 0.2) is 0 Å². The van der Waals surface area contributed by atoms with Crippen molar-refractivity contribution in [3.05, 3.63) is 70.2 Å². The summed E-state index contributed by atoms with van der Waals surface area (Å²) in [6.45, 7) is 0. The molecular formula is C14H11ClF2O. The van der Waals surface area contributed by atoms with E-state index in [9.17, 15) is 13.9 Å². The lowest BCUT2D eigenvalue weighted by molar-refractivity contribution is 0.178. The molecule has 0 radical (unpaired) electrons. The van der Waals surface area contributed by atoms with Gasteiger partial charge in [-0.25, -0.2) is 8.78 Å². The normalized spacial score (nSPS) is 12.4. The highest BCUT2D eigenvalue weighted by Gasteiger charge is 2.10. The minimum absolute atomic E-state index is 0.0407. The summed E-state index contributed by atoms with van der Waals surface area (Å²) in [6.07, 6.45) is -0.668. The van der Waals surface area contributed by atoms with Crippen molar-refractivity contribution in [3.8, 4) is 0 Å². The monoisotopic (exact) mass is 268 g/mol. The van der Waals surface area contributed by atoms with Crippen LogP contribution in [0.3, 0.4) is 0 Å². The third-order valence-corrected chi connectivity index (χ3v) is 2.95. The summed E-state index contributed by atoms with van der Waals surface area (Å²) in [5.41, 5.74) is 1.07. The minimum atomic E-state index is -0.874. The predicted octanol–water partition coefficient (Wildman–Crippen LogP) is 3.89. The van der Waals surface area contributed by atoms with Crippen LogP contribution in [0.1, 0.15) is 17.2 Å². The molecule has 0 amide bonds. The molecule has 2 aromatic rings. The first kappa shape index (κ1) is 13.0. The van der Waals surface area contributed by atoms with Gasteiger partial charge in [-0.05, 0) is 35.4 Å². The fourth-order valence-electron chi connectivity index (χ4n) is 1.72. The Labute approximate surface area is 109 Å². The number of hydrogen-bond acceptors (Lipinski definition) is 1. The van der Waals surface area contributed by atoms with E-state index in [0.717, 1.165) is 0 Å². The Morgan fingerprint density at radius 1 is 1.11 bits per heavy atom. The second kappa shape index (κ2) is 5.46. The highest BCUT2D eigenvalue weighted by molar-refractivity contribution is 6.30. The predicted molar refractivity (Wildman–Crippen MR) is 66.5 cm³/mol. The molecule has 4 heteroatoms. The Hall–Kier alpha value is -1.45. The zero-order valence-corrected chi connectivity index (χ0v) is 10.2. The van der Waals surface area contributed by atoms with Gasteiger partial charge in [0.25, 0.3) is 0 Å². The molecule has 0 aromatic heterocycles. The first-order valence-corrected chi connectivity index (χ1v) is 5.81. The quantitative estimate of drug-likeness (QED) is 0.895. The molecule has 0 heterocycles. The number of aliphatic hydroxyl groups excluding tert-OH is 1. The lowest BCUT2D eigenvalue weighted by Gasteiger charge is -2.11. The zero-order valence-electron chi connectivity index (χ0n) is 9.41. The fraction of sp³-hybridized carbons (Fsp3) is 0.143. The van der Waals surface area contributed by atoms with Gasteiger partial charge >= 0.3 is 0 Å². The molecule has 0 saturated carbocycles. The topological polar surface area (TPSA) is 20.2 Å². The van der Waals surface area contributed by atoms with Gasteiger partial charge in [0.2, 0.25) is 0 Å². The van der Waals surface area contributed by atoms with Gasteiger partial charge < -0.3 is 5.11 Å². The summed E-state index contributed by atoms with van der Waals surface area (Å²) in [5, 5.41) is 9.98. The van der Waals surface area contributed by atoms with Crippen molar-refractivity contribution in [2.45, 2.75) is 12.5 Å². The molecule has 1 unspecified atom stereocenters. The standard InChI is InChI=1S/C14H11ClF2O/c15-12-5-4-9(6-13(12)17)7-14(18)10-2-1-3-11(16)8-10/h1-6,8,14,18H,7H2. The van der Waals surface area contributed by atoms with E-state index in [-0.39, 0.29) is 11.4 Å². The summed E-state index contributed by atoms with van der Waals surface area (Å²) in [6, 6.07) is 10.1. The maximum Gasteiger partial charge on any atom is 0.142 e. The highest BCUT2D eigenvalue weighted by Crippen LogP contribution is 2.22. The van der Waals surface area contributed by atoms with Crippen LogP contribution < -0.4 is 0 Å². The van der Waals surface area contributed by atoms with Gasteiger partial charge in [0.05, 0.1) is 11.1 Å². The van der Waals surface area contributed by atoms with Crippen molar-refractivity contribution in [2.75, 3.05) is 0 Å². The zero-order chi connectivity index (χ0) is 13.1. The molecule has 0 spiro atoms. The van der Waals surface area contributed by atoms with Crippen LogP contribution >= 0.6 is 11.6 Å². The molecule has 0 bridgehead atoms. The van der Waals surface area contributed by atoms with Gasteiger partial charge in [-0.15, -0.1) is 0 Å². The van der Waals surface area contributed by atoms with Gasteiger partial charge in [-0.3, -0.25) is 0 Å².